The van der Waals surface area contributed by atoms with Gasteiger partial charge in [0.2, 0.25) is 5.91 Å². The predicted octanol–water partition coefficient (Wildman–Crippen LogP) is 1.75. The zero-order valence-electron chi connectivity index (χ0n) is 12.1. The van der Waals surface area contributed by atoms with Crippen LogP contribution in [-0.4, -0.2) is 49.9 Å². The summed E-state index contributed by atoms with van der Waals surface area (Å²) in [5, 5.41) is 3.31. The summed E-state index contributed by atoms with van der Waals surface area (Å²) in [6, 6.07) is 8.47. The molecule has 1 N–H and O–H groups in total. The molecule has 4 nitrogen and oxygen atoms in total. The number of carbonyl (C=O) groups excluding carboxylic acids is 1. The standard InChI is InChI=1S/C15H22N2O2S/c1-17(10-12-4-3-5-14(8-12)20-2)15(18)9-13-11-19-7-6-16-13/h3-5,8,13,16H,6-7,9-11H2,1-2H3. The largest absolute Gasteiger partial charge is 0.378 e. The molecule has 1 atom stereocenters. The summed E-state index contributed by atoms with van der Waals surface area (Å²) < 4.78 is 5.38. The Morgan fingerprint density at radius 3 is 3.10 bits per heavy atom. The van der Waals surface area contributed by atoms with Gasteiger partial charge in [-0.3, -0.25) is 4.79 Å². The van der Waals surface area contributed by atoms with Gasteiger partial charge in [-0.2, -0.15) is 0 Å². The van der Waals surface area contributed by atoms with E-state index in [-0.39, 0.29) is 11.9 Å². The summed E-state index contributed by atoms with van der Waals surface area (Å²) >= 11 is 1.72. The van der Waals surface area contributed by atoms with Gasteiger partial charge in [0.05, 0.1) is 13.2 Å². The smallest absolute Gasteiger partial charge is 0.224 e. The molecule has 20 heavy (non-hydrogen) atoms. The van der Waals surface area contributed by atoms with Crippen molar-refractivity contribution < 1.29 is 9.53 Å². The van der Waals surface area contributed by atoms with E-state index in [1.54, 1.807) is 16.7 Å². The van der Waals surface area contributed by atoms with E-state index >= 15 is 0 Å². The second-order valence-electron chi connectivity index (χ2n) is 5.03. The van der Waals surface area contributed by atoms with Crippen molar-refractivity contribution in [3.63, 3.8) is 0 Å². The zero-order chi connectivity index (χ0) is 14.4. The van der Waals surface area contributed by atoms with Crippen LogP contribution in [0.4, 0.5) is 0 Å². The molecule has 0 spiro atoms. The summed E-state index contributed by atoms with van der Waals surface area (Å²) in [5.41, 5.74) is 1.17. The molecule has 5 heteroatoms. The number of benzene rings is 1. The number of rotatable bonds is 5. The third-order valence-corrected chi connectivity index (χ3v) is 4.12. The molecule has 1 aromatic rings. The molecule has 1 aliphatic heterocycles. The van der Waals surface area contributed by atoms with Crippen molar-refractivity contribution >= 4 is 17.7 Å². The SMILES string of the molecule is CSc1cccc(CN(C)C(=O)CC2COCCN2)c1. The van der Waals surface area contributed by atoms with Crippen molar-refractivity contribution in [3.05, 3.63) is 29.8 Å². The summed E-state index contributed by atoms with van der Waals surface area (Å²) in [6.45, 7) is 2.85. The molecule has 1 aromatic carbocycles. The molecule has 1 unspecified atom stereocenters. The number of carbonyl (C=O) groups is 1. The molecule has 0 aromatic heterocycles. The van der Waals surface area contributed by atoms with Crippen molar-refractivity contribution in [1.29, 1.82) is 0 Å². The highest BCUT2D eigenvalue weighted by molar-refractivity contribution is 7.98. The Balaban J connectivity index is 1.86. The van der Waals surface area contributed by atoms with Gasteiger partial charge in [0.15, 0.2) is 0 Å². The van der Waals surface area contributed by atoms with Crippen molar-refractivity contribution in [2.24, 2.45) is 0 Å². The summed E-state index contributed by atoms with van der Waals surface area (Å²) in [5.74, 6) is 0.155. The minimum absolute atomic E-state index is 0.149. The molecule has 1 fully saturated rings. The van der Waals surface area contributed by atoms with E-state index in [0.29, 0.717) is 19.6 Å². The summed E-state index contributed by atoms with van der Waals surface area (Å²) in [6.07, 6.45) is 2.56. The lowest BCUT2D eigenvalue weighted by Gasteiger charge is -2.25. The Labute approximate surface area is 124 Å². The number of thioether (sulfide) groups is 1. The van der Waals surface area contributed by atoms with E-state index in [9.17, 15) is 4.79 Å². The number of hydrogen-bond acceptors (Lipinski definition) is 4. The number of nitrogens with zero attached hydrogens (tertiary/aromatic N) is 1. The van der Waals surface area contributed by atoms with Gasteiger partial charge >= 0.3 is 0 Å². The fraction of sp³-hybridized carbons (Fsp3) is 0.533. The van der Waals surface area contributed by atoms with Crippen LogP contribution in [0.15, 0.2) is 29.2 Å². The maximum atomic E-state index is 12.2. The van der Waals surface area contributed by atoms with Crippen LogP contribution in [0.1, 0.15) is 12.0 Å². The Bertz CT molecular complexity index is 447. The summed E-state index contributed by atoms with van der Waals surface area (Å²) in [7, 11) is 1.86. The van der Waals surface area contributed by atoms with Crippen LogP contribution in [0.2, 0.25) is 0 Å². The lowest BCUT2D eigenvalue weighted by molar-refractivity contribution is -0.131. The quantitative estimate of drug-likeness (QED) is 0.840. The second-order valence-corrected chi connectivity index (χ2v) is 5.91. The molecule has 2 rings (SSSR count). The third-order valence-electron chi connectivity index (χ3n) is 3.40. The first-order valence-corrected chi connectivity index (χ1v) is 8.09. The van der Waals surface area contributed by atoms with Crippen LogP contribution in [0.3, 0.4) is 0 Å². The minimum Gasteiger partial charge on any atom is -0.378 e. The Kier molecular flexibility index (Phi) is 5.88. The number of amides is 1. The van der Waals surface area contributed by atoms with E-state index in [0.717, 1.165) is 13.2 Å². The zero-order valence-corrected chi connectivity index (χ0v) is 12.9. The highest BCUT2D eigenvalue weighted by Gasteiger charge is 2.19. The molecular formula is C15H22N2O2S. The Morgan fingerprint density at radius 2 is 2.40 bits per heavy atom. The number of ether oxygens (including phenoxy) is 1. The van der Waals surface area contributed by atoms with Gasteiger partial charge in [-0.25, -0.2) is 0 Å². The minimum atomic E-state index is 0.149. The average molecular weight is 294 g/mol. The highest BCUT2D eigenvalue weighted by atomic mass is 32.2. The van der Waals surface area contributed by atoms with Gasteiger partial charge in [0.1, 0.15) is 0 Å². The first kappa shape index (κ1) is 15.4. The van der Waals surface area contributed by atoms with Crippen molar-refractivity contribution in [2.75, 3.05) is 33.1 Å². The number of nitrogens with one attached hydrogen (secondary N) is 1. The monoisotopic (exact) mass is 294 g/mol. The maximum absolute atomic E-state index is 12.2. The fourth-order valence-electron chi connectivity index (χ4n) is 2.25. The lowest BCUT2D eigenvalue weighted by Crippen LogP contribution is -2.44. The predicted molar refractivity (Wildman–Crippen MR) is 81.9 cm³/mol. The van der Waals surface area contributed by atoms with Crippen molar-refractivity contribution in [3.8, 4) is 0 Å². The topological polar surface area (TPSA) is 41.6 Å². The van der Waals surface area contributed by atoms with E-state index in [4.69, 9.17) is 4.74 Å². The van der Waals surface area contributed by atoms with Crippen LogP contribution < -0.4 is 5.32 Å². The first-order chi connectivity index (χ1) is 9.69. The van der Waals surface area contributed by atoms with E-state index in [1.807, 2.05) is 13.1 Å². The Morgan fingerprint density at radius 1 is 1.55 bits per heavy atom. The Hall–Kier alpha value is -1.04. The molecule has 0 aliphatic carbocycles. The molecule has 110 valence electrons. The molecule has 0 bridgehead atoms. The van der Waals surface area contributed by atoms with Gasteiger partial charge in [-0.1, -0.05) is 12.1 Å². The maximum Gasteiger partial charge on any atom is 0.224 e. The van der Waals surface area contributed by atoms with Gasteiger partial charge in [0.25, 0.3) is 0 Å². The first-order valence-electron chi connectivity index (χ1n) is 6.87. The molecule has 1 heterocycles. The van der Waals surface area contributed by atoms with Crippen molar-refractivity contribution in [2.45, 2.75) is 23.9 Å². The average Bonchev–Trinajstić information content (AvgIpc) is 2.48. The molecule has 1 amide bonds. The van der Waals surface area contributed by atoms with E-state index < -0.39 is 0 Å². The third kappa shape index (κ3) is 4.51. The summed E-state index contributed by atoms with van der Waals surface area (Å²) in [4.78, 5) is 15.2. The van der Waals surface area contributed by atoms with Crippen molar-refractivity contribution in [1.82, 2.24) is 10.2 Å². The van der Waals surface area contributed by atoms with E-state index in [1.165, 1.54) is 10.5 Å². The van der Waals surface area contributed by atoms with Gasteiger partial charge < -0.3 is 15.0 Å². The number of morpholine rings is 1. The molecule has 0 radical (unpaired) electrons. The van der Waals surface area contributed by atoms with Crippen LogP contribution in [0.5, 0.6) is 0 Å². The normalized spacial score (nSPS) is 18.8. The van der Waals surface area contributed by atoms with Gasteiger partial charge in [-0.15, -0.1) is 11.8 Å². The van der Waals surface area contributed by atoms with E-state index in [2.05, 4.69) is 29.8 Å². The van der Waals surface area contributed by atoms with Gasteiger partial charge in [0, 0.05) is 37.5 Å². The fourth-order valence-corrected chi connectivity index (χ4v) is 2.73. The van der Waals surface area contributed by atoms with Crippen LogP contribution in [0, 0.1) is 0 Å². The van der Waals surface area contributed by atoms with Crippen LogP contribution >= 0.6 is 11.8 Å². The van der Waals surface area contributed by atoms with Crippen LogP contribution in [0.25, 0.3) is 0 Å². The molecular weight excluding hydrogens is 272 g/mol. The number of hydrogen-bond donors (Lipinski definition) is 1. The van der Waals surface area contributed by atoms with Crippen LogP contribution in [-0.2, 0) is 16.1 Å². The second kappa shape index (κ2) is 7.67. The lowest BCUT2D eigenvalue weighted by atomic mass is 10.1. The highest BCUT2D eigenvalue weighted by Crippen LogP contribution is 2.17. The molecule has 0 saturated carbocycles. The molecule has 1 aliphatic rings. The van der Waals surface area contributed by atoms with Gasteiger partial charge in [-0.05, 0) is 24.0 Å². The molecule has 1 saturated heterocycles.